The van der Waals surface area contributed by atoms with Crippen LogP contribution in [0.15, 0.2) is 57.2 Å². The molecule has 32 heavy (non-hydrogen) atoms. The SMILES string of the molecule is COc1ccc(OC)c(Cc2csc(N3CCC(S(=O)(=O)c4cccc(Br)c4)CC3)n2)c1. The highest BCUT2D eigenvalue weighted by atomic mass is 79.9. The number of hydrogen-bond donors (Lipinski definition) is 0. The van der Waals surface area contributed by atoms with E-state index in [0.717, 1.165) is 32.4 Å². The number of benzene rings is 2. The van der Waals surface area contributed by atoms with Crippen molar-refractivity contribution in [2.24, 2.45) is 0 Å². The van der Waals surface area contributed by atoms with Crippen molar-refractivity contribution in [2.45, 2.75) is 29.4 Å². The first-order chi connectivity index (χ1) is 15.4. The summed E-state index contributed by atoms with van der Waals surface area (Å²) in [5.41, 5.74) is 1.97. The van der Waals surface area contributed by atoms with Gasteiger partial charge in [-0.3, -0.25) is 0 Å². The predicted molar refractivity (Wildman–Crippen MR) is 131 cm³/mol. The minimum Gasteiger partial charge on any atom is -0.497 e. The number of halogens is 1. The smallest absolute Gasteiger partial charge is 0.185 e. The minimum absolute atomic E-state index is 0.367. The molecule has 0 amide bonds. The topological polar surface area (TPSA) is 68.7 Å². The Labute approximate surface area is 201 Å². The number of sulfone groups is 1. The fourth-order valence-electron chi connectivity index (χ4n) is 3.93. The van der Waals surface area contributed by atoms with Gasteiger partial charge in [-0.25, -0.2) is 13.4 Å². The summed E-state index contributed by atoms with van der Waals surface area (Å²) < 4.78 is 37.6. The molecular weight excluding hydrogens is 512 g/mol. The van der Waals surface area contributed by atoms with E-state index >= 15 is 0 Å². The molecule has 1 aromatic heterocycles. The van der Waals surface area contributed by atoms with Gasteiger partial charge < -0.3 is 14.4 Å². The van der Waals surface area contributed by atoms with E-state index in [0.29, 0.717) is 37.2 Å². The van der Waals surface area contributed by atoms with Gasteiger partial charge in [0.05, 0.1) is 30.1 Å². The second-order valence-electron chi connectivity index (χ2n) is 7.66. The Balaban J connectivity index is 1.42. The quantitative estimate of drug-likeness (QED) is 0.425. The first-order valence-corrected chi connectivity index (χ1v) is 13.5. The Morgan fingerprint density at radius 1 is 1.12 bits per heavy atom. The van der Waals surface area contributed by atoms with Crippen molar-refractivity contribution < 1.29 is 17.9 Å². The molecule has 9 heteroatoms. The summed E-state index contributed by atoms with van der Waals surface area (Å²) in [5, 5.41) is 2.62. The van der Waals surface area contributed by atoms with Gasteiger partial charge in [-0.2, -0.15) is 0 Å². The van der Waals surface area contributed by atoms with Crippen LogP contribution in [0.4, 0.5) is 5.13 Å². The maximum Gasteiger partial charge on any atom is 0.185 e. The lowest BCUT2D eigenvalue weighted by Crippen LogP contribution is -2.39. The predicted octanol–water partition coefficient (Wildman–Crippen LogP) is 4.96. The lowest BCUT2D eigenvalue weighted by atomic mass is 10.1. The molecule has 2 heterocycles. The highest BCUT2D eigenvalue weighted by Gasteiger charge is 2.32. The number of nitrogens with zero attached hydrogens (tertiary/aromatic N) is 2. The number of methoxy groups -OCH3 is 2. The van der Waals surface area contributed by atoms with Crippen LogP contribution < -0.4 is 14.4 Å². The summed E-state index contributed by atoms with van der Waals surface area (Å²) in [7, 11) is -0.0367. The molecule has 0 bridgehead atoms. The van der Waals surface area contributed by atoms with Gasteiger partial charge in [0, 0.05) is 34.9 Å². The summed E-state index contributed by atoms with van der Waals surface area (Å²) in [4.78, 5) is 7.38. The van der Waals surface area contributed by atoms with Crippen LogP contribution >= 0.6 is 27.3 Å². The molecule has 3 aromatic rings. The van der Waals surface area contributed by atoms with Crippen LogP contribution in [0.1, 0.15) is 24.1 Å². The third-order valence-electron chi connectivity index (χ3n) is 5.67. The van der Waals surface area contributed by atoms with Crippen molar-refractivity contribution in [2.75, 3.05) is 32.2 Å². The van der Waals surface area contributed by atoms with Gasteiger partial charge in [-0.15, -0.1) is 11.3 Å². The summed E-state index contributed by atoms with van der Waals surface area (Å²) in [6.07, 6.45) is 1.82. The number of hydrogen-bond acceptors (Lipinski definition) is 7. The maximum absolute atomic E-state index is 13.0. The molecule has 6 nitrogen and oxygen atoms in total. The van der Waals surface area contributed by atoms with Gasteiger partial charge in [0.15, 0.2) is 15.0 Å². The molecule has 1 saturated heterocycles. The summed E-state index contributed by atoms with van der Waals surface area (Å²) in [6, 6.07) is 12.7. The van der Waals surface area contributed by atoms with Crippen molar-refractivity contribution in [1.82, 2.24) is 4.98 Å². The highest BCUT2D eigenvalue weighted by Crippen LogP contribution is 2.32. The molecule has 0 saturated carbocycles. The highest BCUT2D eigenvalue weighted by molar-refractivity contribution is 9.10. The summed E-state index contributed by atoms with van der Waals surface area (Å²) in [6.45, 7) is 1.35. The number of thiazole rings is 1. The lowest BCUT2D eigenvalue weighted by Gasteiger charge is -2.31. The Morgan fingerprint density at radius 3 is 2.59 bits per heavy atom. The molecule has 4 rings (SSSR count). The molecule has 0 unspecified atom stereocenters. The average Bonchev–Trinajstić information content (AvgIpc) is 3.27. The molecule has 0 atom stereocenters. The first kappa shape index (κ1) is 23.1. The lowest BCUT2D eigenvalue weighted by molar-refractivity contribution is 0.399. The standard InChI is InChI=1S/C23H25BrN2O4S2/c1-29-19-6-7-22(30-2)16(13-19)12-18-15-31-23(25-18)26-10-8-20(9-11-26)32(27,28)21-5-3-4-17(24)14-21/h3-7,13-15,20H,8-12H2,1-2H3. The number of rotatable bonds is 7. The number of piperidine rings is 1. The van der Waals surface area contributed by atoms with Crippen molar-refractivity contribution in [3.8, 4) is 11.5 Å². The third kappa shape index (κ3) is 4.94. The van der Waals surface area contributed by atoms with Gasteiger partial charge in [0.2, 0.25) is 0 Å². The fraction of sp³-hybridized carbons (Fsp3) is 0.348. The monoisotopic (exact) mass is 536 g/mol. The number of anilines is 1. The Bertz CT molecular complexity index is 1190. The molecule has 0 N–H and O–H groups in total. The van der Waals surface area contributed by atoms with E-state index in [1.807, 2.05) is 24.3 Å². The second-order valence-corrected chi connectivity index (χ2v) is 11.6. The normalized spacial score (nSPS) is 15.0. The Kier molecular flexibility index (Phi) is 7.07. The van der Waals surface area contributed by atoms with E-state index in [4.69, 9.17) is 14.5 Å². The van der Waals surface area contributed by atoms with Gasteiger partial charge in [0.1, 0.15) is 11.5 Å². The Morgan fingerprint density at radius 2 is 1.91 bits per heavy atom. The average molecular weight is 538 g/mol. The minimum atomic E-state index is -3.34. The first-order valence-electron chi connectivity index (χ1n) is 10.3. The second kappa shape index (κ2) is 9.80. The van der Waals surface area contributed by atoms with E-state index in [-0.39, 0.29) is 5.25 Å². The van der Waals surface area contributed by atoms with Crippen molar-refractivity contribution >= 4 is 42.2 Å². The zero-order valence-corrected chi connectivity index (χ0v) is 21.2. The van der Waals surface area contributed by atoms with Gasteiger partial charge >= 0.3 is 0 Å². The molecule has 0 spiro atoms. The van der Waals surface area contributed by atoms with E-state index in [9.17, 15) is 8.42 Å². The Hall–Kier alpha value is -2.10. The van der Waals surface area contributed by atoms with Crippen molar-refractivity contribution in [1.29, 1.82) is 0 Å². The molecule has 0 aliphatic carbocycles. The van der Waals surface area contributed by atoms with Crippen LogP contribution in [-0.2, 0) is 16.3 Å². The van der Waals surface area contributed by atoms with Crippen LogP contribution in [0.2, 0.25) is 0 Å². The maximum atomic E-state index is 13.0. The zero-order valence-electron chi connectivity index (χ0n) is 18.0. The van der Waals surface area contributed by atoms with E-state index < -0.39 is 9.84 Å². The fourth-order valence-corrected chi connectivity index (χ4v) is 7.14. The van der Waals surface area contributed by atoms with Gasteiger partial charge in [-0.1, -0.05) is 22.0 Å². The van der Waals surface area contributed by atoms with Crippen LogP contribution in [0.5, 0.6) is 11.5 Å². The van der Waals surface area contributed by atoms with Crippen molar-refractivity contribution in [3.63, 3.8) is 0 Å². The van der Waals surface area contributed by atoms with Crippen LogP contribution in [-0.4, -0.2) is 46.0 Å². The molecule has 1 aliphatic rings. The summed E-state index contributed by atoms with van der Waals surface area (Å²) in [5.74, 6) is 1.59. The van der Waals surface area contributed by atoms with Gasteiger partial charge in [-0.05, 0) is 49.2 Å². The van der Waals surface area contributed by atoms with Crippen molar-refractivity contribution in [3.05, 3.63) is 63.6 Å². The van der Waals surface area contributed by atoms with Crippen LogP contribution in [0, 0.1) is 0 Å². The molecule has 2 aromatic carbocycles. The molecule has 0 radical (unpaired) electrons. The molecule has 170 valence electrons. The van der Waals surface area contributed by atoms with E-state index in [1.54, 1.807) is 43.8 Å². The number of aromatic nitrogens is 1. The van der Waals surface area contributed by atoms with Crippen LogP contribution in [0.25, 0.3) is 0 Å². The third-order valence-corrected chi connectivity index (χ3v) is 9.38. The van der Waals surface area contributed by atoms with E-state index in [2.05, 4.69) is 26.2 Å². The molecule has 1 aliphatic heterocycles. The van der Waals surface area contributed by atoms with Crippen LogP contribution in [0.3, 0.4) is 0 Å². The number of ether oxygens (including phenoxy) is 2. The summed E-state index contributed by atoms with van der Waals surface area (Å²) >= 11 is 4.96. The molecule has 1 fully saturated rings. The van der Waals surface area contributed by atoms with E-state index in [1.165, 1.54) is 0 Å². The molecular formula is C23H25BrN2O4S2. The largest absolute Gasteiger partial charge is 0.497 e. The zero-order chi connectivity index (χ0) is 22.7. The van der Waals surface area contributed by atoms with Gasteiger partial charge in [0.25, 0.3) is 0 Å².